The summed E-state index contributed by atoms with van der Waals surface area (Å²) in [6.45, 7) is -0.595. The highest BCUT2D eigenvalue weighted by atomic mass is 16.5. The molecule has 2 aromatic heterocycles. The molecule has 0 saturated carbocycles. The molecule has 1 aliphatic heterocycles. The van der Waals surface area contributed by atoms with Crippen molar-refractivity contribution < 1.29 is 24.5 Å². The van der Waals surface area contributed by atoms with E-state index in [1.54, 1.807) is 24.3 Å². The summed E-state index contributed by atoms with van der Waals surface area (Å²) in [7, 11) is 0. The molecule has 29 heavy (non-hydrogen) atoms. The molecule has 1 amide bonds. The number of benzene rings is 1. The molecule has 0 aliphatic carbocycles. The Labute approximate surface area is 163 Å². The van der Waals surface area contributed by atoms with Crippen LogP contribution in [0.15, 0.2) is 41.5 Å². The van der Waals surface area contributed by atoms with Crippen molar-refractivity contribution in [3.05, 3.63) is 47.0 Å². The fraction of sp³-hybridized carbons (Fsp3) is 0.333. The van der Waals surface area contributed by atoms with Crippen LogP contribution in [0.25, 0.3) is 11.2 Å². The number of nitrogens with zero attached hydrogens (tertiary/aromatic N) is 3. The summed E-state index contributed by atoms with van der Waals surface area (Å²) in [5, 5.41) is 21.7. The van der Waals surface area contributed by atoms with Gasteiger partial charge in [0.2, 0.25) is 5.95 Å². The number of para-hydroxylation sites is 1. The van der Waals surface area contributed by atoms with E-state index < -0.39 is 29.9 Å². The number of aromatic nitrogens is 4. The summed E-state index contributed by atoms with van der Waals surface area (Å²) in [6.07, 6.45) is -0.648. The second-order valence-electron chi connectivity index (χ2n) is 6.50. The molecule has 0 bridgehead atoms. The van der Waals surface area contributed by atoms with Crippen molar-refractivity contribution in [3.63, 3.8) is 0 Å². The predicted octanol–water partition coefficient (Wildman–Crippen LogP) is -0.222. The number of hydrogen-bond donors (Lipinski definition) is 4. The first kappa shape index (κ1) is 19.1. The normalized spacial score (nSPS) is 21.4. The van der Waals surface area contributed by atoms with E-state index in [9.17, 15) is 19.8 Å². The molecule has 0 spiro atoms. The van der Waals surface area contributed by atoms with E-state index in [4.69, 9.17) is 9.47 Å². The number of rotatable bonds is 6. The van der Waals surface area contributed by atoms with Crippen molar-refractivity contribution in [2.45, 2.75) is 24.9 Å². The minimum atomic E-state index is -0.848. The van der Waals surface area contributed by atoms with Crippen LogP contribution in [0.2, 0.25) is 0 Å². The fourth-order valence-electron chi connectivity index (χ4n) is 3.08. The number of fused-ring (bicyclic) bond motifs is 1. The van der Waals surface area contributed by atoms with Crippen LogP contribution in [-0.2, 0) is 9.53 Å². The number of carbonyl (C=O) groups is 1. The van der Waals surface area contributed by atoms with Crippen molar-refractivity contribution in [2.75, 3.05) is 18.5 Å². The van der Waals surface area contributed by atoms with Crippen LogP contribution in [0.1, 0.15) is 12.6 Å². The quantitative estimate of drug-likeness (QED) is 0.442. The Bertz CT molecular complexity index is 1070. The van der Waals surface area contributed by atoms with E-state index in [0.29, 0.717) is 5.75 Å². The Morgan fingerprint density at radius 2 is 2.17 bits per heavy atom. The van der Waals surface area contributed by atoms with Gasteiger partial charge in [-0.15, -0.1) is 0 Å². The van der Waals surface area contributed by atoms with Crippen molar-refractivity contribution in [1.29, 1.82) is 0 Å². The average Bonchev–Trinajstić information content (AvgIpc) is 3.30. The first-order valence-corrected chi connectivity index (χ1v) is 8.94. The van der Waals surface area contributed by atoms with Crippen molar-refractivity contribution in [1.82, 2.24) is 19.5 Å². The first-order chi connectivity index (χ1) is 14.0. The third-order valence-electron chi connectivity index (χ3n) is 4.50. The topological polar surface area (TPSA) is 152 Å². The lowest BCUT2D eigenvalue weighted by Crippen LogP contribution is -2.24. The zero-order valence-electron chi connectivity index (χ0n) is 15.2. The van der Waals surface area contributed by atoms with Crippen LogP contribution in [0, 0.1) is 0 Å². The lowest BCUT2D eigenvalue weighted by atomic mass is 10.2. The van der Waals surface area contributed by atoms with E-state index in [1.165, 1.54) is 10.9 Å². The highest BCUT2D eigenvalue weighted by Gasteiger charge is 2.35. The lowest BCUT2D eigenvalue weighted by molar-refractivity contribution is -0.118. The van der Waals surface area contributed by atoms with Crippen LogP contribution in [0.4, 0.5) is 5.95 Å². The Kier molecular flexibility index (Phi) is 5.25. The van der Waals surface area contributed by atoms with E-state index in [0.717, 1.165) is 0 Å². The van der Waals surface area contributed by atoms with E-state index in [-0.39, 0.29) is 36.7 Å². The number of anilines is 1. The van der Waals surface area contributed by atoms with Gasteiger partial charge < -0.3 is 19.7 Å². The summed E-state index contributed by atoms with van der Waals surface area (Å²) in [5.74, 6) is -0.0357. The SMILES string of the molecule is O=C(COc1ccccc1)Nc1nc2c(ncn2[C@H]2C[C@H](O)[C@@H](CO)O2)c(=O)[nH]1. The molecular formula is C18H19N5O6. The maximum Gasteiger partial charge on any atom is 0.280 e. The van der Waals surface area contributed by atoms with Gasteiger partial charge in [0.15, 0.2) is 17.8 Å². The molecule has 3 heterocycles. The first-order valence-electron chi connectivity index (χ1n) is 8.94. The molecule has 152 valence electrons. The Balaban J connectivity index is 1.52. The van der Waals surface area contributed by atoms with Gasteiger partial charge in [0.1, 0.15) is 18.1 Å². The number of ether oxygens (including phenoxy) is 2. The lowest BCUT2D eigenvalue weighted by Gasteiger charge is -2.14. The van der Waals surface area contributed by atoms with Gasteiger partial charge in [-0.05, 0) is 12.1 Å². The number of nitrogens with one attached hydrogen (secondary N) is 2. The van der Waals surface area contributed by atoms with Gasteiger partial charge >= 0.3 is 0 Å². The standard InChI is InChI=1S/C18H19N5O6/c24-7-12-11(25)6-14(29-12)23-9-19-15-16(23)21-18(22-17(15)27)20-13(26)8-28-10-4-2-1-3-5-10/h1-5,9,11-12,14,24-25H,6-8H2,(H2,20,21,22,26,27)/t11-,12+,14+/m0/s1. The van der Waals surface area contributed by atoms with Crippen molar-refractivity contribution >= 4 is 23.0 Å². The largest absolute Gasteiger partial charge is 0.484 e. The number of aliphatic hydroxyl groups excluding tert-OH is 2. The summed E-state index contributed by atoms with van der Waals surface area (Å²) in [5.41, 5.74) is -0.289. The maximum atomic E-state index is 12.3. The van der Waals surface area contributed by atoms with Gasteiger partial charge in [0.25, 0.3) is 11.5 Å². The molecule has 1 saturated heterocycles. The number of H-pyrrole nitrogens is 1. The van der Waals surface area contributed by atoms with Crippen LogP contribution < -0.4 is 15.6 Å². The molecule has 4 N–H and O–H groups in total. The summed E-state index contributed by atoms with van der Waals surface area (Å²) in [4.78, 5) is 35.1. The molecule has 3 atom stereocenters. The molecule has 11 nitrogen and oxygen atoms in total. The summed E-state index contributed by atoms with van der Waals surface area (Å²) in [6, 6.07) is 8.83. The molecule has 1 aromatic carbocycles. The Morgan fingerprint density at radius 1 is 1.38 bits per heavy atom. The molecule has 4 rings (SSSR count). The predicted molar refractivity (Wildman–Crippen MR) is 100 cm³/mol. The van der Waals surface area contributed by atoms with Crippen molar-refractivity contribution in [3.8, 4) is 5.75 Å². The van der Waals surface area contributed by atoms with Crippen LogP contribution in [0.5, 0.6) is 5.75 Å². The minimum absolute atomic E-state index is 0.0640. The number of imidazole rings is 1. The Morgan fingerprint density at radius 3 is 2.90 bits per heavy atom. The summed E-state index contributed by atoms with van der Waals surface area (Å²) < 4.78 is 12.4. The number of aliphatic hydroxyl groups is 2. The van der Waals surface area contributed by atoms with Crippen LogP contribution in [-0.4, -0.2) is 61.1 Å². The monoisotopic (exact) mass is 401 g/mol. The average molecular weight is 401 g/mol. The Hall–Kier alpha value is -3.28. The van der Waals surface area contributed by atoms with Crippen LogP contribution >= 0.6 is 0 Å². The zero-order valence-corrected chi connectivity index (χ0v) is 15.2. The third kappa shape index (κ3) is 3.97. The molecule has 3 aromatic rings. The number of aromatic amines is 1. The maximum absolute atomic E-state index is 12.3. The molecule has 0 radical (unpaired) electrons. The van der Waals surface area contributed by atoms with E-state index in [2.05, 4.69) is 20.3 Å². The highest BCUT2D eigenvalue weighted by molar-refractivity contribution is 5.90. The smallest absolute Gasteiger partial charge is 0.280 e. The fourth-order valence-corrected chi connectivity index (χ4v) is 3.08. The van der Waals surface area contributed by atoms with Crippen LogP contribution in [0.3, 0.4) is 0 Å². The highest BCUT2D eigenvalue weighted by Crippen LogP contribution is 2.30. The van der Waals surface area contributed by atoms with Gasteiger partial charge in [-0.1, -0.05) is 18.2 Å². The van der Waals surface area contributed by atoms with Gasteiger partial charge in [-0.3, -0.25) is 24.5 Å². The summed E-state index contributed by atoms with van der Waals surface area (Å²) >= 11 is 0. The number of carbonyl (C=O) groups excluding carboxylic acids is 1. The molecule has 0 unspecified atom stereocenters. The van der Waals surface area contributed by atoms with Gasteiger partial charge in [0.05, 0.1) is 19.0 Å². The van der Waals surface area contributed by atoms with Gasteiger partial charge in [-0.2, -0.15) is 4.98 Å². The molecule has 1 aliphatic rings. The molecular weight excluding hydrogens is 382 g/mol. The second-order valence-corrected chi connectivity index (χ2v) is 6.50. The van der Waals surface area contributed by atoms with E-state index >= 15 is 0 Å². The minimum Gasteiger partial charge on any atom is -0.484 e. The van der Waals surface area contributed by atoms with Gasteiger partial charge in [0, 0.05) is 6.42 Å². The third-order valence-corrected chi connectivity index (χ3v) is 4.50. The van der Waals surface area contributed by atoms with Gasteiger partial charge in [-0.25, -0.2) is 4.98 Å². The second kappa shape index (κ2) is 7.99. The van der Waals surface area contributed by atoms with Crippen molar-refractivity contribution in [2.24, 2.45) is 0 Å². The number of hydrogen-bond acceptors (Lipinski definition) is 8. The number of amides is 1. The zero-order chi connectivity index (χ0) is 20.4. The molecule has 11 heteroatoms. The van der Waals surface area contributed by atoms with E-state index in [1.807, 2.05) is 6.07 Å². The molecule has 1 fully saturated rings.